The minimum absolute atomic E-state index is 0.0476. The molecule has 0 radical (unpaired) electrons. The maximum absolute atomic E-state index is 10.1. The van der Waals surface area contributed by atoms with Crippen LogP contribution >= 0.6 is 23.2 Å². The van der Waals surface area contributed by atoms with Crippen LogP contribution in [-0.2, 0) is 6.42 Å². The summed E-state index contributed by atoms with van der Waals surface area (Å²) in [5.41, 5.74) is 3.54. The van der Waals surface area contributed by atoms with Gasteiger partial charge in [0.05, 0.1) is 15.7 Å². The summed E-state index contributed by atoms with van der Waals surface area (Å²) in [7, 11) is 0. The third-order valence-electron chi connectivity index (χ3n) is 3.71. The number of fused-ring (bicyclic) bond motifs is 1. The zero-order valence-corrected chi connectivity index (χ0v) is 14.1. The van der Waals surface area contributed by atoms with Crippen LogP contribution in [0.1, 0.15) is 23.7 Å². The number of phenolic OH excluding ortho intramolecular Hbond substituents is 1. The van der Waals surface area contributed by atoms with E-state index in [0.29, 0.717) is 15.9 Å². The molecule has 0 amide bonds. The number of aromatic nitrogens is 1. The number of pyridine rings is 1. The summed E-state index contributed by atoms with van der Waals surface area (Å²) in [6, 6.07) is 13.6. The second-order valence-electron chi connectivity index (χ2n) is 5.25. The van der Waals surface area contributed by atoms with Gasteiger partial charge in [0, 0.05) is 5.39 Å². The normalized spacial score (nSPS) is 11.4. The number of hydrogen-bond acceptors (Lipinski definition) is 2. The zero-order chi connectivity index (χ0) is 16.4. The molecule has 4 heteroatoms. The summed E-state index contributed by atoms with van der Waals surface area (Å²) in [6.45, 7) is 2.13. The molecule has 0 fully saturated rings. The van der Waals surface area contributed by atoms with Gasteiger partial charge in [-0.05, 0) is 41.8 Å². The van der Waals surface area contributed by atoms with Gasteiger partial charge in [0.2, 0.25) is 0 Å². The molecule has 2 aromatic carbocycles. The first-order valence-electron chi connectivity index (χ1n) is 7.33. The Morgan fingerprint density at radius 3 is 2.43 bits per heavy atom. The zero-order valence-electron chi connectivity index (χ0n) is 12.6. The fourth-order valence-electron chi connectivity index (χ4n) is 2.36. The molecule has 0 unspecified atom stereocenters. The molecule has 0 saturated heterocycles. The van der Waals surface area contributed by atoms with Crippen molar-refractivity contribution in [2.45, 2.75) is 13.3 Å². The number of rotatable bonds is 3. The molecule has 0 aliphatic rings. The number of aromatic hydroxyl groups is 1. The maximum atomic E-state index is 10.1. The lowest BCUT2D eigenvalue weighted by Gasteiger charge is -2.05. The molecule has 1 aromatic heterocycles. The molecule has 0 bridgehead atoms. The number of halogens is 2. The monoisotopic (exact) mass is 343 g/mol. The first kappa shape index (κ1) is 15.9. The quantitative estimate of drug-likeness (QED) is 0.634. The molecule has 1 N–H and O–H groups in total. The van der Waals surface area contributed by atoms with E-state index in [9.17, 15) is 5.11 Å². The van der Waals surface area contributed by atoms with E-state index in [1.807, 2.05) is 24.3 Å². The second-order valence-corrected chi connectivity index (χ2v) is 6.06. The summed E-state index contributed by atoms with van der Waals surface area (Å²) in [6.07, 6.45) is 4.91. The molecule has 0 saturated carbocycles. The Labute approximate surface area is 145 Å². The van der Waals surface area contributed by atoms with Crippen LogP contribution in [0.4, 0.5) is 0 Å². The van der Waals surface area contributed by atoms with E-state index in [0.717, 1.165) is 17.7 Å². The summed E-state index contributed by atoms with van der Waals surface area (Å²) < 4.78 is 0. The van der Waals surface area contributed by atoms with E-state index in [1.165, 1.54) is 11.6 Å². The smallest absolute Gasteiger partial charge is 0.160 e. The Morgan fingerprint density at radius 2 is 1.74 bits per heavy atom. The van der Waals surface area contributed by atoms with Crippen LogP contribution in [0, 0.1) is 0 Å². The number of hydrogen-bond donors (Lipinski definition) is 1. The molecule has 0 spiro atoms. The maximum Gasteiger partial charge on any atom is 0.160 e. The molecular formula is C19H15Cl2NO. The lowest BCUT2D eigenvalue weighted by atomic mass is 10.1. The fourth-order valence-corrected chi connectivity index (χ4v) is 2.87. The van der Waals surface area contributed by atoms with E-state index in [2.05, 4.69) is 36.2 Å². The van der Waals surface area contributed by atoms with Gasteiger partial charge < -0.3 is 5.11 Å². The van der Waals surface area contributed by atoms with Crippen molar-refractivity contribution in [2.24, 2.45) is 0 Å². The van der Waals surface area contributed by atoms with Gasteiger partial charge in [-0.1, -0.05) is 60.5 Å². The van der Waals surface area contributed by atoms with Crippen LogP contribution < -0.4 is 0 Å². The van der Waals surface area contributed by atoms with Gasteiger partial charge in [0.1, 0.15) is 5.52 Å². The van der Waals surface area contributed by atoms with Gasteiger partial charge in [-0.15, -0.1) is 0 Å². The molecule has 2 nitrogen and oxygen atoms in total. The third-order valence-corrected chi connectivity index (χ3v) is 4.31. The van der Waals surface area contributed by atoms with E-state index < -0.39 is 0 Å². The molecule has 3 rings (SSSR count). The van der Waals surface area contributed by atoms with E-state index in [1.54, 1.807) is 0 Å². The Kier molecular flexibility index (Phi) is 4.56. The SMILES string of the molecule is CCc1ccc(/C=C/c2ccc3c(Cl)cc(Cl)c(O)c3n2)cc1. The minimum atomic E-state index is -0.0476. The van der Waals surface area contributed by atoms with Gasteiger partial charge in [-0.2, -0.15) is 0 Å². The van der Waals surface area contributed by atoms with Crippen molar-refractivity contribution in [2.75, 3.05) is 0 Å². The second kappa shape index (κ2) is 6.61. The van der Waals surface area contributed by atoms with Crippen LogP contribution in [0.15, 0.2) is 42.5 Å². The molecule has 0 atom stereocenters. The minimum Gasteiger partial charge on any atom is -0.504 e. The van der Waals surface area contributed by atoms with Crippen LogP contribution in [-0.4, -0.2) is 10.1 Å². The first-order chi connectivity index (χ1) is 11.1. The Balaban J connectivity index is 1.96. The summed E-state index contributed by atoms with van der Waals surface area (Å²) >= 11 is 12.1. The van der Waals surface area contributed by atoms with Crippen LogP contribution in [0.25, 0.3) is 23.1 Å². The van der Waals surface area contributed by atoms with Crippen molar-refractivity contribution in [3.8, 4) is 5.75 Å². The largest absolute Gasteiger partial charge is 0.504 e. The molecular weight excluding hydrogens is 329 g/mol. The number of aryl methyl sites for hydroxylation is 1. The van der Waals surface area contributed by atoms with E-state index in [4.69, 9.17) is 23.2 Å². The van der Waals surface area contributed by atoms with E-state index in [-0.39, 0.29) is 10.8 Å². The Morgan fingerprint density at radius 1 is 1.00 bits per heavy atom. The Bertz CT molecular complexity index is 886. The standard InChI is InChI=1S/C19H15Cl2NO/c1-2-12-3-5-13(6-4-12)7-8-14-9-10-15-16(20)11-17(21)19(23)18(15)22-14/h3-11,23H,2H2,1H3/b8-7+. The summed E-state index contributed by atoms with van der Waals surface area (Å²) in [4.78, 5) is 4.44. The highest BCUT2D eigenvalue weighted by Crippen LogP contribution is 2.36. The third kappa shape index (κ3) is 3.34. The average Bonchev–Trinajstić information content (AvgIpc) is 2.58. The van der Waals surface area contributed by atoms with Gasteiger partial charge in [-0.25, -0.2) is 4.98 Å². The number of benzene rings is 2. The molecule has 0 aliphatic heterocycles. The highest BCUT2D eigenvalue weighted by atomic mass is 35.5. The van der Waals surface area contributed by atoms with Crippen LogP contribution in [0.5, 0.6) is 5.75 Å². The Hall–Kier alpha value is -2.03. The number of nitrogens with zero attached hydrogens (tertiary/aromatic N) is 1. The molecule has 3 aromatic rings. The van der Waals surface area contributed by atoms with Crippen LogP contribution in [0.3, 0.4) is 0 Å². The van der Waals surface area contributed by atoms with Gasteiger partial charge >= 0.3 is 0 Å². The van der Waals surface area contributed by atoms with Gasteiger partial charge in [0.25, 0.3) is 0 Å². The highest BCUT2D eigenvalue weighted by Gasteiger charge is 2.10. The first-order valence-corrected chi connectivity index (χ1v) is 8.09. The topological polar surface area (TPSA) is 33.1 Å². The molecule has 23 heavy (non-hydrogen) atoms. The lowest BCUT2D eigenvalue weighted by molar-refractivity contribution is 0.480. The molecule has 0 aliphatic carbocycles. The van der Waals surface area contributed by atoms with Crippen molar-refractivity contribution < 1.29 is 5.11 Å². The predicted molar refractivity (Wildman–Crippen MR) is 98.2 cm³/mol. The van der Waals surface area contributed by atoms with Crippen molar-refractivity contribution in [3.63, 3.8) is 0 Å². The van der Waals surface area contributed by atoms with Gasteiger partial charge in [0.15, 0.2) is 5.75 Å². The highest BCUT2D eigenvalue weighted by molar-refractivity contribution is 6.39. The summed E-state index contributed by atoms with van der Waals surface area (Å²) in [5, 5.41) is 11.4. The van der Waals surface area contributed by atoms with Crippen molar-refractivity contribution in [1.29, 1.82) is 0 Å². The average molecular weight is 344 g/mol. The van der Waals surface area contributed by atoms with Crippen molar-refractivity contribution in [3.05, 3.63) is 69.3 Å². The lowest BCUT2D eigenvalue weighted by Crippen LogP contribution is -1.86. The molecule has 116 valence electrons. The van der Waals surface area contributed by atoms with Crippen LogP contribution in [0.2, 0.25) is 10.0 Å². The van der Waals surface area contributed by atoms with Crippen molar-refractivity contribution >= 4 is 46.3 Å². The number of phenols is 1. The van der Waals surface area contributed by atoms with Gasteiger partial charge in [-0.3, -0.25) is 0 Å². The predicted octanol–water partition coefficient (Wildman–Crippen LogP) is 5.98. The fraction of sp³-hybridized carbons (Fsp3) is 0.105. The molecule has 1 heterocycles. The summed E-state index contributed by atoms with van der Waals surface area (Å²) in [5.74, 6) is -0.0476. The van der Waals surface area contributed by atoms with E-state index >= 15 is 0 Å². The van der Waals surface area contributed by atoms with Crippen molar-refractivity contribution in [1.82, 2.24) is 4.98 Å².